The van der Waals surface area contributed by atoms with Crippen LogP contribution in [0.1, 0.15) is 19.8 Å². The van der Waals surface area contributed by atoms with Crippen LogP contribution >= 0.6 is 0 Å². The standard InChI is InChI=1S/C19H19FN2O5/c1-11(17(24)21-13-8-6-12(20)7-9-13)27-16(23)10-22-18(25)14-4-2-3-5-15(14)19(22)26/h2-3,6-9,11,14-15H,4-5,10H2,1H3,(H,21,24)/t11-,14+,15+/m1/s1. The summed E-state index contributed by atoms with van der Waals surface area (Å²) in [5.41, 5.74) is 0.353. The van der Waals surface area contributed by atoms with Crippen LogP contribution in [-0.4, -0.2) is 41.2 Å². The van der Waals surface area contributed by atoms with Gasteiger partial charge in [0.05, 0.1) is 11.8 Å². The number of rotatable bonds is 5. The highest BCUT2D eigenvalue weighted by atomic mass is 19.1. The first-order valence-electron chi connectivity index (χ1n) is 8.63. The number of likely N-dealkylation sites (tertiary alicyclic amines) is 1. The maximum atomic E-state index is 12.9. The van der Waals surface area contributed by atoms with Crippen LogP contribution in [0.3, 0.4) is 0 Å². The molecule has 1 aliphatic carbocycles. The zero-order chi connectivity index (χ0) is 19.6. The smallest absolute Gasteiger partial charge is 0.326 e. The van der Waals surface area contributed by atoms with Crippen LogP contribution in [0.15, 0.2) is 36.4 Å². The Kier molecular flexibility index (Phi) is 5.34. The van der Waals surface area contributed by atoms with E-state index in [4.69, 9.17) is 4.74 Å². The van der Waals surface area contributed by atoms with Gasteiger partial charge >= 0.3 is 5.97 Å². The normalized spacial score (nSPS) is 22.4. The van der Waals surface area contributed by atoms with E-state index in [-0.39, 0.29) is 11.8 Å². The molecular weight excluding hydrogens is 355 g/mol. The van der Waals surface area contributed by atoms with Crippen molar-refractivity contribution in [2.24, 2.45) is 11.8 Å². The summed E-state index contributed by atoms with van der Waals surface area (Å²) < 4.78 is 17.9. The fraction of sp³-hybridized carbons (Fsp3) is 0.368. The monoisotopic (exact) mass is 374 g/mol. The number of benzene rings is 1. The third kappa shape index (κ3) is 4.05. The molecule has 1 N–H and O–H groups in total. The Bertz CT molecular complexity index is 779. The summed E-state index contributed by atoms with van der Waals surface area (Å²) in [7, 11) is 0. The first-order chi connectivity index (χ1) is 12.9. The third-order valence-corrected chi connectivity index (χ3v) is 4.68. The van der Waals surface area contributed by atoms with Crippen molar-refractivity contribution in [3.63, 3.8) is 0 Å². The molecule has 7 nitrogen and oxygen atoms in total. The molecule has 0 radical (unpaired) electrons. The minimum atomic E-state index is -1.14. The van der Waals surface area contributed by atoms with Gasteiger partial charge in [0.25, 0.3) is 5.91 Å². The molecule has 1 aromatic rings. The average molecular weight is 374 g/mol. The predicted octanol–water partition coefficient (Wildman–Crippen LogP) is 1.65. The lowest BCUT2D eigenvalue weighted by atomic mass is 9.85. The number of esters is 1. The minimum Gasteiger partial charge on any atom is -0.451 e. The summed E-state index contributed by atoms with van der Waals surface area (Å²) in [6.07, 6.45) is 3.54. The molecule has 3 amide bonds. The molecule has 3 rings (SSSR count). The molecule has 0 aromatic heterocycles. The van der Waals surface area contributed by atoms with Gasteiger partial charge in [0.2, 0.25) is 11.8 Å². The minimum absolute atomic E-state index is 0.353. The molecule has 1 heterocycles. The molecule has 0 bridgehead atoms. The van der Waals surface area contributed by atoms with E-state index in [1.165, 1.54) is 31.2 Å². The molecule has 1 aliphatic heterocycles. The molecule has 142 valence electrons. The quantitative estimate of drug-likeness (QED) is 0.481. The molecular formula is C19H19FN2O5. The first kappa shape index (κ1) is 18.8. The van der Waals surface area contributed by atoms with Gasteiger partial charge in [-0.3, -0.25) is 24.1 Å². The number of fused-ring (bicyclic) bond motifs is 1. The zero-order valence-corrected chi connectivity index (χ0v) is 14.7. The van der Waals surface area contributed by atoms with E-state index in [9.17, 15) is 23.6 Å². The maximum absolute atomic E-state index is 12.9. The molecule has 8 heteroatoms. The number of nitrogens with zero attached hydrogens (tertiary/aromatic N) is 1. The highest BCUT2D eigenvalue weighted by Gasteiger charge is 2.47. The number of ether oxygens (including phenoxy) is 1. The van der Waals surface area contributed by atoms with Gasteiger partial charge in [-0.25, -0.2) is 4.39 Å². The van der Waals surface area contributed by atoms with Crippen molar-refractivity contribution in [3.05, 3.63) is 42.2 Å². The van der Waals surface area contributed by atoms with E-state index in [0.29, 0.717) is 18.5 Å². The number of nitrogens with one attached hydrogen (secondary N) is 1. The summed E-state index contributed by atoms with van der Waals surface area (Å²) in [5, 5.41) is 2.49. The average Bonchev–Trinajstić information content (AvgIpc) is 2.89. The van der Waals surface area contributed by atoms with Gasteiger partial charge in [0, 0.05) is 5.69 Å². The summed E-state index contributed by atoms with van der Waals surface area (Å²) in [6.45, 7) is 0.854. The lowest BCUT2D eigenvalue weighted by molar-refractivity contribution is -0.158. The van der Waals surface area contributed by atoms with E-state index >= 15 is 0 Å². The molecule has 0 spiro atoms. The Morgan fingerprint density at radius 3 is 2.26 bits per heavy atom. The zero-order valence-electron chi connectivity index (χ0n) is 14.7. The number of anilines is 1. The van der Waals surface area contributed by atoms with Crippen molar-refractivity contribution in [2.75, 3.05) is 11.9 Å². The summed E-state index contributed by atoms with van der Waals surface area (Å²) in [5.74, 6) is -3.49. The van der Waals surface area contributed by atoms with E-state index in [1.54, 1.807) is 0 Å². The Morgan fingerprint density at radius 2 is 1.70 bits per heavy atom. The second kappa shape index (κ2) is 7.69. The van der Waals surface area contributed by atoms with Crippen LogP contribution < -0.4 is 5.32 Å². The number of hydrogen-bond acceptors (Lipinski definition) is 5. The second-order valence-corrected chi connectivity index (χ2v) is 6.55. The summed E-state index contributed by atoms with van der Waals surface area (Å²) >= 11 is 0. The van der Waals surface area contributed by atoms with Crippen molar-refractivity contribution in [2.45, 2.75) is 25.9 Å². The van der Waals surface area contributed by atoms with Crippen LogP contribution in [0, 0.1) is 17.7 Å². The van der Waals surface area contributed by atoms with Crippen molar-refractivity contribution >= 4 is 29.4 Å². The number of amides is 3. The van der Waals surface area contributed by atoms with Crippen LogP contribution in [0.2, 0.25) is 0 Å². The van der Waals surface area contributed by atoms with Crippen LogP contribution in [0.4, 0.5) is 10.1 Å². The lowest BCUT2D eigenvalue weighted by Crippen LogP contribution is -2.39. The summed E-state index contributed by atoms with van der Waals surface area (Å²) in [4.78, 5) is 49.7. The Balaban J connectivity index is 1.54. The SMILES string of the molecule is C[C@@H](OC(=O)CN1C(=O)[C@H]2CC=CC[C@@H]2C1=O)C(=O)Nc1ccc(F)cc1. The van der Waals surface area contributed by atoms with Gasteiger partial charge in [-0.2, -0.15) is 0 Å². The van der Waals surface area contributed by atoms with Crippen molar-refractivity contribution in [1.82, 2.24) is 4.90 Å². The topological polar surface area (TPSA) is 92.8 Å². The Morgan fingerprint density at radius 1 is 1.15 bits per heavy atom. The molecule has 0 unspecified atom stereocenters. The molecule has 1 aromatic carbocycles. The summed E-state index contributed by atoms with van der Waals surface area (Å²) in [6, 6.07) is 5.12. The molecule has 1 fully saturated rings. The molecule has 3 atom stereocenters. The molecule has 27 heavy (non-hydrogen) atoms. The number of carbonyl (C=O) groups is 4. The largest absolute Gasteiger partial charge is 0.451 e. The van der Waals surface area contributed by atoms with Gasteiger partial charge in [-0.1, -0.05) is 12.2 Å². The highest BCUT2D eigenvalue weighted by Crippen LogP contribution is 2.34. The third-order valence-electron chi connectivity index (χ3n) is 4.68. The fourth-order valence-corrected chi connectivity index (χ4v) is 3.22. The molecule has 2 aliphatic rings. The maximum Gasteiger partial charge on any atom is 0.326 e. The van der Waals surface area contributed by atoms with Crippen molar-refractivity contribution in [3.8, 4) is 0 Å². The Hall–Kier alpha value is -3.03. The number of allylic oxidation sites excluding steroid dienone is 2. The lowest BCUT2D eigenvalue weighted by Gasteiger charge is -2.17. The van der Waals surface area contributed by atoms with Crippen molar-refractivity contribution < 1.29 is 28.3 Å². The fourth-order valence-electron chi connectivity index (χ4n) is 3.22. The van der Waals surface area contributed by atoms with Gasteiger partial charge < -0.3 is 10.1 Å². The number of halogens is 1. The highest BCUT2D eigenvalue weighted by molar-refractivity contribution is 6.07. The molecule has 1 saturated heterocycles. The second-order valence-electron chi connectivity index (χ2n) is 6.55. The van der Waals surface area contributed by atoms with Crippen molar-refractivity contribution in [1.29, 1.82) is 0 Å². The number of imide groups is 1. The van der Waals surface area contributed by atoms with Crippen LogP contribution in [0.5, 0.6) is 0 Å². The van der Waals surface area contributed by atoms with Crippen LogP contribution in [0.25, 0.3) is 0 Å². The van der Waals surface area contributed by atoms with Crippen LogP contribution in [-0.2, 0) is 23.9 Å². The van der Waals surface area contributed by atoms with Gasteiger partial charge in [0.15, 0.2) is 6.10 Å². The van der Waals surface area contributed by atoms with Gasteiger partial charge in [-0.05, 0) is 44.0 Å². The van der Waals surface area contributed by atoms with E-state index in [0.717, 1.165) is 4.90 Å². The number of carbonyl (C=O) groups excluding carboxylic acids is 4. The van der Waals surface area contributed by atoms with E-state index in [2.05, 4.69) is 5.32 Å². The first-order valence-corrected chi connectivity index (χ1v) is 8.63. The van der Waals surface area contributed by atoms with E-state index in [1.807, 2.05) is 12.2 Å². The van der Waals surface area contributed by atoms with E-state index < -0.39 is 42.2 Å². The van der Waals surface area contributed by atoms with Gasteiger partial charge in [-0.15, -0.1) is 0 Å². The number of hydrogen-bond donors (Lipinski definition) is 1. The van der Waals surface area contributed by atoms with Gasteiger partial charge in [0.1, 0.15) is 12.4 Å². The predicted molar refractivity (Wildman–Crippen MR) is 92.7 cm³/mol. The Labute approximate surface area is 155 Å². The molecule has 0 saturated carbocycles.